The highest BCUT2D eigenvalue weighted by molar-refractivity contribution is 5.95. The van der Waals surface area contributed by atoms with Gasteiger partial charge >= 0.3 is 0 Å². The molecule has 0 saturated heterocycles. The number of para-hydroxylation sites is 1. The molecule has 0 radical (unpaired) electrons. The Balaban J connectivity index is 1.35. The van der Waals surface area contributed by atoms with Crippen molar-refractivity contribution in [3.63, 3.8) is 0 Å². The third kappa shape index (κ3) is 3.51. The Labute approximate surface area is 167 Å². The number of nitrogens with one attached hydrogen (secondary N) is 1. The fourth-order valence-corrected chi connectivity index (χ4v) is 3.86. The second-order valence-corrected chi connectivity index (χ2v) is 7.33. The van der Waals surface area contributed by atoms with Gasteiger partial charge in [0.1, 0.15) is 11.5 Å². The van der Waals surface area contributed by atoms with Gasteiger partial charge in [-0.15, -0.1) is 10.2 Å². The molecule has 4 aromatic rings. The first-order valence-electron chi connectivity index (χ1n) is 9.93. The van der Waals surface area contributed by atoms with Crippen molar-refractivity contribution in [2.24, 2.45) is 0 Å². The molecular formula is C22H21N5O2. The number of carbonyl (C=O) groups is 1. The fourth-order valence-electron chi connectivity index (χ4n) is 3.86. The smallest absolute Gasteiger partial charge is 0.230 e. The van der Waals surface area contributed by atoms with E-state index in [4.69, 9.17) is 4.52 Å². The van der Waals surface area contributed by atoms with Crippen LogP contribution in [0.5, 0.6) is 0 Å². The SMILES string of the molecule is O=C(Cc1noc2ccccc12)Nc1cccc(-c2nnc3n2CCCCC3)c1. The summed E-state index contributed by atoms with van der Waals surface area (Å²) in [7, 11) is 0. The molecule has 0 bridgehead atoms. The van der Waals surface area contributed by atoms with Gasteiger partial charge in [0.05, 0.1) is 6.42 Å². The van der Waals surface area contributed by atoms with Crippen molar-refractivity contribution < 1.29 is 9.32 Å². The second-order valence-electron chi connectivity index (χ2n) is 7.33. The van der Waals surface area contributed by atoms with E-state index in [2.05, 4.69) is 25.2 Å². The van der Waals surface area contributed by atoms with Crippen LogP contribution >= 0.6 is 0 Å². The van der Waals surface area contributed by atoms with Gasteiger partial charge in [-0.1, -0.05) is 35.8 Å². The minimum Gasteiger partial charge on any atom is -0.356 e. The number of hydrogen-bond acceptors (Lipinski definition) is 5. The van der Waals surface area contributed by atoms with Gasteiger partial charge in [-0.05, 0) is 37.1 Å². The molecule has 2 aromatic carbocycles. The van der Waals surface area contributed by atoms with Crippen molar-refractivity contribution in [2.75, 3.05) is 5.32 Å². The van der Waals surface area contributed by atoms with Gasteiger partial charge in [-0.3, -0.25) is 4.79 Å². The molecule has 0 saturated carbocycles. The van der Waals surface area contributed by atoms with Gasteiger partial charge in [0, 0.05) is 29.6 Å². The minimum atomic E-state index is -0.138. The molecule has 1 amide bonds. The third-order valence-electron chi connectivity index (χ3n) is 5.29. The highest BCUT2D eigenvalue weighted by atomic mass is 16.5. The Kier molecular flexibility index (Phi) is 4.56. The number of aryl methyl sites for hydroxylation is 1. The lowest BCUT2D eigenvalue weighted by Crippen LogP contribution is -2.14. The number of rotatable bonds is 4. The topological polar surface area (TPSA) is 85.8 Å². The first-order valence-corrected chi connectivity index (χ1v) is 9.93. The predicted molar refractivity (Wildman–Crippen MR) is 109 cm³/mol. The van der Waals surface area contributed by atoms with Crippen molar-refractivity contribution in [1.82, 2.24) is 19.9 Å². The quantitative estimate of drug-likeness (QED) is 0.572. The van der Waals surface area contributed by atoms with Crippen LogP contribution in [-0.2, 0) is 24.2 Å². The van der Waals surface area contributed by atoms with Crippen LogP contribution in [0.3, 0.4) is 0 Å². The lowest BCUT2D eigenvalue weighted by atomic mass is 10.1. The average molecular weight is 387 g/mol. The number of anilines is 1. The molecule has 146 valence electrons. The average Bonchev–Trinajstić information content (AvgIpc) is 3.25. The van der Waals surface area contributed by atoms with Crippen LogP contribution in [0, 0.1) is 0 Å². The normalized spacial score (nSPS) is 13.8. The number of fused-ring (bicyclic) bond motifs is 2. The standard InChI is InChI=1S/C22H21N5O2/c28-21(14-18-17-9-3-4-10-19(17)29-26-18)23-16-8-6-7-15(13-16)22-25-24-20-11-2-1-5-12-27(20)22/h3-4,6-10,13H,1-2,5,11-12,14H2,(H,23,28). The molecule has 0 fully saturated rings. The van der Waals surface area contributed by atoms with Crippen molar-refractivity contribution in [1.29, 1.82) is 0 Å². The van der Waals surface area contributed by atoms with E-state index in [-0.39, 0.29) is 12.3 Å². The molecule has 7 nitrogen and oxygen atoms in total. The van der Waals surface area contributed by atoms with Gasteiger partial charge in [0.2, 0.25) is 5.91 Å². The van der Waals surface area contributed by atoms with Gasteiger partial charge in [0.25, 0.3) is 0 Å². The number of carbonyl (C=O) groups excluding carboxylic acids is 1. The van der Waals surface area contributed by atoms with Gasteiger partial charge < -0.3 is 14.4 Å². The lowest BCUT2D eigenvalue weighted by molar-refractivity contribution is -0.115. The highest BCUT2D eigenvalue weighted by Crippen LogP contribution is 2.25. The monoisotopic (exact) mass is 387 g/mol. The maximum Gasteiger partial charge on any atom is 0.230 e. The summed E-state index contributed by atoms with van der Waals surface area (Å²) in [5.41, 5.74) is 3.00. The van der Waals surface area contributed by atoms with Crippen molar-refractivity contribution in [2.45, 2.75) is 38.6 Å². The van der Waals surface area contributed by atoms with Crippen molar-refractivity contribution >= 4 is 22.6 Å². The van der Waals surface area contributed by atoms with E-state index in [1.165, 1.54) is 6.42 Å². The number of nitrogens with zero attached hydrogens (tertiary/aromatic N) is 4. The Morgan fingerprint density at radius 1 is 1.07 bits per heavy atom. The van der Waals surface area contributed by atoms with Crippen molar-refractivity contribution in [3.05, 3.63) is 60.0 Å². The Bertz CT molecular complexity index is 1180. The number of amides is 1. The summed E-state index contributed by atoms with van der Waals surface area (Å²) in [4.78, 5) is 12.6. The molecule has 7 heteroatoms. The van der Waals surface area contributed by atoms with Crippen molar-refractivity contribution in [3.8, 4) is 11.4 Å². The molecular weight excluding hydrogens is 366 g/mol. The Morgan fingerprint density at radius 2 is 2.00 bits per heavy atom. The highest BCUT2D eigenvalue weighted by Gasteiger charge is 2.17. The lowest BCUT2D eigenvalue weighted by Gasteiger charge is -2.09. The van der Waals surface area contributed by atoms with Crippen LogP contribution in [0.4, 0.5) is 5.69 Å². The molecule has 1 aliphatic rings. The summed E-state index contributed by atoms with van der Waals surface area (Å²) in [5, 5.41) is 16.6. The molecule has 29 heavy (non-hydrogen) atoms. The summed E-state index contributed by atoms with van der Waals surface area (Å²) >= 11 is 0. The largest absolute Gasteiger partial charge is 0.356 e. The van der Waals surface area contributed by atoms with Gasteiger partial charge in [0.15, 0.2) is 11.4 Å². The van der Waals surface area contributed by atoms with E-state index in [9.17, 15) is 4.79 Å². The minimum absolute atomic E-state index is 0.138. The Morgan fingerprint density at radius 3 is 2.97 bits per heavy atom. The van der Waals surface area contributed by atoms with Crippen LogP contribution in [0.25, 0.3) is 22.4 Å². The second kappa shape index (κ2) is 7.50. The van der Waals surface area contributed by atoms with Gasteiger partial charge in [-0.25, -0.2) is 0 Å². The van der Waals surface area contributed by atoms with Crippen LogP contribution < -0.4 is 5.32 Å². The fraction of sp³-hybridized carbons (Fsp3) is 0.273. The molecule has 2 aromatic heterocycles. The van der Waals surface area contributed by atoms with Crippen LogP contribution in [-0.4, -0.2) is 25.8 Å². The number of benzene rings is 2. The maximum atomic E-state index is 12.6. The Hall–Kier alpha value is -3.48. The van der Waals surface area contributed by atoms with E-state index < -0.39 is 0 Å². The van der Waals surface area contributed by atoms with Crippen LogP contribution in [0.1, 0.15) is 30.8 Å². The molecule has 1 aliphatic heterocycles. The van der Waals surface area contributed by atoms with E-state index >= 15 is 0 Å². The summed E-state index contributed by atoms with van der Waals surface area (Å²) in [6.45, 7) is 0.938. The zero-order valence-electron chi connectivity index (χ0n) is 16.0. The summed E-state index contributed by atoms with van der Waals surface area (Å²) < 4.78 is 7.49. The van der Waals surface area contributed by atoms with Crippen LogP contribution in [0.2, 0.25) is 0 Å². The molecule has 0 aliphatic carbocycles. The zero-order valence-corrected chi connectivity index (χ0v) is 16.0. The molecule has 5 rings (SSSR count). The summed E-state index contributed by atoms with van der Waals surface area (Å²) in [5.74, 6) is 1.77. The molecule has 3 heterocycles. The first kappa shape index (κ1) is 17.6. The van der Waals surface area contributed by atoms with E-state index in [0.717, 1.165) is 54.1 Å². The number of hydrogen-bond donors (Lipinski definition) is 1. The third-order valence-corrected chi connectivity index (χ3v) is 5.29. The first-order chi connectivity index (χ1) is 14.3. The molecule has 0 unspecified atom stereocenters. The summed E-state index contributed by atoms with van der Waals surface area (Å²) in [6.07, 6.45) is 4.64. The maximum absolute atomic E-state index is 12.6. The molecule has 0 spiro atoms. The van der Waals surface area contributed by atoms with E-state index in [0.29, 0.717) is 11.3 Å². The van der Waals surface area contributed by atoms with E-state index in [1.807, 2.05) is 48.5 Å². The van der Waals surface area contributed by atoms with Crippen LogP contribution in [0.15, 0.2) is 53.1 Å². The molecule has 0 atom stereocenters. The molecule has 1 N–H and O–H groups in total. The predicted octanol–water partition coefficient (Wildman–Crippen LogP) is 3.99. The van der Waals surface area contributed by atoms with E-state index in [1.54, 1.807) is 0 Å². The van der Waals surface area contributed by atoms with Gasteiger partial charge in [-0.2, -0.15) is 0 Å². The number of aromatic nitrogens is 4. The zero-order chi connectivity index (χ0) is 19.6. The summed E-state index contributed by atoms with van der Waals surface area (Å²) in [6, 6.07) is 15.3.